The molecule has 0 bridgehead atoms. The zero-order chi connectivity index (χ0) is 27.1. The van der Waals surface area contributed by atoms with E-state index in [1.165, 1.54) is 4.90 Å². The van der Waals surface area contributed by atoms with Crippen LogP contribution in [0.25, 0.3) is 0 Å². The van der Waals surface area contributed by atoms with Gasteiger partial charge in [0.2, 0.25) is 0 Å². The fraction of sp³-hybridized carbons (Fsp3) is 0.923. The van der Waals surface area contributed by atoms with Crippen LogP contribution in [0.2, 0.25) is 0 Å². The van der Waals surface area contributed by atoms with Crippen LogP contribution >= 0.6 is 0 Å². The average molecular weight is 522 g/mol. The number of likely N-dealkylation sites (N-methyl/N-ethyl adjacent to an activating group) is 1. The highest BCUT2D eigenvalue weighted by Crippen LogP contribution is 2.14. The molecule has 0 radical (unpaired) electrons. The monoisotopic (exact) mass is 521 g/mol. The minimum absolute atomic E-state index is 0.00319. The molecule has 0 aromatic rings. The molecular formula is C26H51NO9. The quantitative estimate of drug-likeness (QED) is 0.147. The summed E-state index contributed by atoms with van der Waals surface area (Å²) in [7, 11) is 1.68. The zero-order valence-electron chi connectivity index (χ0n) is 23.5. The largest absolute Gasteiger partial charge is 0.463 e. The van der Waals surface area contributed by atoms with Crippen LogP contribution in [0, 0.1) is 5.92 Å². The van der Waals surface area contributed by atoms with Crippen LogP contribution in [0.4, 0.5) is 4.79 Å². The van der Waals surface area contributed by atoms with Crippen LogP contribution in [0.1, 0.15) is 60.3 Å². The second-order valence-electron chi connectivity index (χ2n) is 9.38. The molecule has 0 saturated carbocycles. The van der Waals surface area contributed by atoms with Gasteiger partial charge in [-0.05, 0) is 33.6 Å². The molecule has 0 fully saturated rings. The summed E-state index contributed by atoms with van der Waals surface area (Å²) in [5.41, 5.74) is -0.506. The average Bonchev–Trinajstić information content (AvgIpc) is 2.82. The first-order valence-corrected chi connectivity index (χ1v) is 13.2. The van der Waals surface area contributed by atoms with Crippen molar-refractivity contribution in [1.82, 2.24) is 4.90 Å². The van der Waals surface area contributed by atoms with E-state index in [0.29, 0.717) is 72.6 Å². The molecule has 214 valence electrons. The van der Waals surface area contributed by atoms with Gasteiger partial charge in [0.05, 0.1) is 72.0 Å². The van der Waals surface area contributed by atoms with E-state index in [1.54, 1.807) is 7.05 Å². The summed E-state index contributed by atoms with van der Waals surface area (Å²) in [5.74, 6) is -0.126. The molecule has 0 aliphatic rings. The van der Waals surface area contributed by atoms with E-state index in [4.69, 9.17) is 33.2 Å². The minimum atomic E-state index is -0.506. The van der Waals surface area contributed by atoms with Crippen molar-refractivity contribution in [1.29, 1.82) is 0 Å². The third kappa shape index (κ3) is 21.8. The van der Waals surface area contributed by atoms with Crippen LogP contribution in [0.5, 0.6) is 0 Å². The Morgan fingerprint density at radius 2 is 1.17 bits per heavy atom. The third-order valence-electron chi connectivity index (χ3n) is 4.97. The Kier molecular flexibility index (Phi) is 21.8. The van der Waals surface area contributed by atoms with Crippen molar-refractivity contribution in [2.45, 2.75) is 65.9 Å². The van der Waals surface area contributed by atoms with Gasteiger partial charge in [-0.25, -0.2) is 4.79 Å². The Hall–Kier alpha value is -1.46. The van der Waals surface area contributed by atoms with Gasteiger partial charge >= 0.3 is 12.1 Å². The molecule has 0 rings (SSSR count). The maximum Gasteiger partial charge on any atom is 0.410 e. The second-order valence-corrected chi connectivity index (χ2v) is 9.38. The topological polar surface area (TPSA) is 102 Å². The van der Waals surface area contributed by atoms with Crippen molar-refractivity contribution in [3.63, 3.8) is 0 Å². The lowest BCUT2D eigenvalue weighted by Gasteiger charge is -2.24. The highest BCUT2D eigenvalue weighted by Gasteiger charge is 2.19. The van der Waals surface area contributed by atoms with Gasteiger partial charge in [-0.2, -0.15) is 0 Å². The third-order valence-corrected chi connectivity index (χ3v) is 4.97. The summed E-state index contributed by atoms with van der Waals surface area (Å²) in [6.45, 7) is 14.9. The molecule has 10 nitrogen and oxygen atoms in total. The molecule has 0 spiro atoms. The predicted molar refractivity (Wildman–Crippen MR) is 137 cm³/mol. The van der Waals surface area contributed by atoms with Crippen LogP contribution < -0.4 is 0 Å². The first-order valence-electron chi connectivity index (χ1n) is 13.2. The summed E-state index contributed by atoms with van der Waals surface area (Å²) in [6, 6.07) is 0. The van der Waals surface area contributed by atoms with Gasteiger partial charge in [0.1, 0.15) is 12.2 Å². The molecule has 0 saturated heterocycles. The number of amides is 1. The minimum Gasteiger partial charge on any atom is -0.463 e. The summed E-state index contributed by atoms with van der Waals surface area (Å²) in [5, 5.41) is 0. The molecule has 0 aromatic carbocycles. The molecule has 0 aliphatic heterocycles. The number of rotatable bonds is 23. The number of nitrogens with zero attached hydrogens (tertiary/aromatic N) is 1. The molecule has 1 atom stereocenters. The zero-order valence-corrected chi connectivity index (χ0v) is 23.5. The Morgan fingerprint density at radius 1 is 0.722 bits per heavy atom. The molecule has 1 amide bonds. The van der Waals surface area contributed by atoms with Crippen molar-refractivity contribution in [3.8, 4) is 0 Å². The van der Waals surface area contributed by atoms with Gasteiger partial charge in [-0.3, -0.25) is 4.79 Å². The summed E-state index contributed by atoms with van der Waals surface area (Å²) >= 11 is 0. The fourth-order valence-corrected chi connectivity index (χ4v) is 2.87. The lowest BCUT2D eigenvalue weighted by Crippen LogP contribution is -2.36. The van der Waals surface area contributed by atoms with Crippen molar-refractivity contribution in [3.05, 3.63) is 0 Å². The second kappa shape index (κ2) is 22.7. The SMILES string of the molecule is CCCCC(CC)C(=O)OCCOCCOCCOCCOCCOCCN(C)C(=O)OC(C)(C)C. The summed E-state index contributed by atoms with van der Waals surface area (Å²) < 4.78 is 37.8. The number of hydrogen-bond acceptors (Lipinski definition) is 9. The smallest absolute Gasteiger partial charge is 0.410 e. The molecule has 10 heteroatoms. The van der Waals surface area contributed by atoms with Gasteiger partial charge < -0.3 is 38.1 Å². The van der Waals surface area contributed by atoms with E-state index in [2.05, 4.69) is 6.92 Å². The molecular weight excluding hydrogens is 470 g/mol. The van der Waals surface area contributed by atoms with E-state index < -0.39 is 5.60 Å². The number of carbonyl (C=O) groups excluding carboxylic acids is 2. The Labute approximate surface area is 218 Å². The van der Waals surface area contributed by atoms with E-state index in [-0.39, 0.29) is 24.6 Å². The van der Waals surface area contributed by atoms with Gasteiger partial charge in [0.15, 0.2) is 0 Å². The van der Waals surface area contributed by atoms with Gasteiger partial charge in [0.25, 0.3) is 0 Å². The first-order chi connectivity index (χ1) is 17.2. The molecule has 0 heterocycles. The Morgan fingerprint density at radius 3 is 1.58 bits per heavy atom. The standard InChI is InChI=1S/C26H51NO9/c1-7-9-10-23(8-2)24(28)35-22-21-34-20-19-33-18-17-32-16-15-31-14-13-30-12-11-27(6)25(29)36-26(3,4)5/h23H,7-22H2,1-6H3. The highest BCUT2D eigenvalue weighted by atomic mass is 16.6. The van der Waals surface area contributed by atoms with Crippen molar-refractivity contribution in [2.24, 2.45) is 5.92 Å². The normalized spacial score (nSPS) is 12.4. The molecule has 0 N–H and O–H groups in total. The number of unbranched alkanes of at least 4 members (excludes halogenated alkanes) is 1. The fourth-order valence-electron chi connectivity index (χ4n) is 2.87. The molecule has 36 heavy (non-hydrogen) atoms. The van der Waals surface area contributed by atoms with Crippen LogP contribution in [0.15, 0.2) is 0 Å². The number of ether oxygens (including phenoxy) is 7. The van der Waals surface area contributed by atoms with E-state index in [0.717, 1.165) is 25.7 Å². The summed E-state index contributed by atoms with van der Waals surface area (Å²) in [6.07, 6.45) is 3.47. The number of hydrogen-bond donors (Lipinski definition) is 0. The van der Waals surface area contributed by atoms with Crippen LogP contribution in [-0.2, 0) is 38.0 Å². The van der Waals surface area contributed by atoms with Crippen LogP contribution in [0.3, 0.4) is 0 Å². The van der Waals surface area contributed by atoms with Crippen molar-refractivity contribution >= 4 is 12.1 Å². The number of carbonyl (C=O) groups is 2. The van der Waals surface area contributed by atoms with Gasteiger partial charge in [0, 0.05) is 13.6 Å². The van der Waals surface area contributed by atoms with Crippen molar-refractivity contribution in [2.75, 3.05) is 86.3 Å². The van der Waals surface area contributed by atoms with E-state index >= 15 is 0 Å². The maximum absolute atomic E-state index is 12.0. The summed E-state index contributed by atoms with van der Waals surface area (Å²) in [4.78, 5) is 25.3. The molecule has 0 aromatic heterocycles. The van der Waals surface area contributed by atoms with Crippen LogP contribution in [-0.4, -0.2) is 109 Å². The Bertz CT molecular complexity index is 540. The van der Waals surface area contributed by atoms with Gasteiger partial charge in [-0.15, -0.1) is 0 Å². The van der Waals surface area contributed by atoms with Crippen molar-refractivity contribution < 1.29 is 42.7 Å². The van der Waals surface area contributed by atoms with E-state index in [9.17, 15) is 9.59 Å². The highest BCUT2D eigenvalue weighted by molar-refractivity contribution is 5.72. The Balaban J connectivity index is 3.36. The lowest BCUT2D eigenvalue weighted by molar-refractivity contribution is -0.150. The maximum atomic E-state index is 12.0. The van der Waals surface area contributed by atoms with E-state index in [1.807, 2.05) is 27.7 Å². The number of esters is 1. The molecule has 0 aliphatic carbocycles. The predicted octanol–water partition coefficient (Wildman–Crippen LogP) is 3.70. The van der Waals surface area contributed by atoms with Gasteiger partial charge in [-0.1, -0.05) is 26.7 Å². The first kappa shape index (κ1) is 34.5. The molecule has 1 unspecified atom stereocenters. The lowest BCUT2D eigenvalue weighted by atomic mass is 10.00.